The Bertz CT molecular complexity index is 540. The largest absolute Gasteiger partial charge is 0.384 e. The fourth-order valence-corrected chi connectivity index (χ4v) is 4.40. The summed E-state index contributed by atoms with van der Waals surface area (Å²) >= 11 is 0. The summed E-state index contributed by atoms with van der Waals surface area (Å²) in [5.41, 5.74) is 3.28. The fraction of sp³-hybridized carbons (Fsp3) is 0.588. The second-order valence-electron chi connectivity index (χ2n) is 6.69. The molecular weight excluding hydrogens is 248 g/mol. The van der Waals surface area contributed by atoms with Crippen molar-refractivity contribution >= 4 is 11.6 Å². The molecule has 2 saturated carbocycles. The number of benzene rings is 1. The Kier molecular flexibility index (Phi) is 2.94. The summed E-state index contributed by atoms with van der Waals surface area (Å²) in [5, 5.41) is 6.49. The highest BCUT2D eigenvalue weighted by Crippen LogP contribution is 2.47. The van der Waals surface area contributed by atoms with Crippen LogP contribution in [0.25, 0.3) is 0 Å². The molecule has 2 N–H and O–H groups in total. The van der Waals surface area contributed by atoms with Gasteiger partial charge in [-0.2, -0.15) is 0 Å². The highest BCUT2D eigenvalue weighted by molar-refractivity contribution is 5.95. The molecule has 3 atom stereocenters. The summed E-state index contributed by atoms with van der Waals surface area (Å²) in [7, 11) is 0. The molecule has 3 heteroatoms. The van der Waals surface area contributed by atoms with Crippen molar-refractivity contribution in [3.8, 4) is 0 Å². The fourth-order valence-electron chi connectivity index (χ4n) is 4.40. The molecule has 2 aliphatic carbocycles. The number of amides is 1. The topological polar surface area (TPSA) is 41.1 Å². The number of hydrogen-bond donors (Lipinski definition) is 2. The zero-order chi connectivity index (χ0) is 13.5. The number of carbonyl (C=O) groups is 1. The van der Waals surface area contributed by atoms with Crippen LogP contribution >= 0.6 is 0 Å². The van der Waals surface area contributed by atoms with E-state index >= 15 is 0 Å². The summed E-state index contributed by atoms with van der Waals surface area (Å²) in [4.78, 5) is 12.3. The smallest absolute Gasteiger partial charge is 0.251 e. The van der Waals surface area contributed by atoms with Crippen LogP contribution in [0.2, 0.25) is 0 Å². The molecule has 106 valence electrons. The first-order valence-corrected chi connectivity index (χ1v) is 7.94. The van der Waals surface area contributed by atoms with E-state index in [9.17, 15) is 4.79 Å². The lowest BCUT2D eigenvalue weighted by Crippen LogP contribution is -2.31. The van der Waals surface area contributed by atoms with E-state index < -0.39 is 0 Å². The van der Waals surface area contributed by atoms with Crippen LogP contribution in [0, 0.1) is 17.8 Å². The average molecular weight is 270 g/mol. The van der Waals surface area contributed by atoms with Gasteiger partial charge in [-0.15, -0.1) is 0 Å². The molecule has 2 bridgehead atoms. The molecular formula is C17H22N2O. The Hall–Kier alpha value is -1.51. The van der Waals surface area contributed by atoms with Crippen LogP contribution in [0.4, 0.5) is 5.69 Å². The molecule has 3 aliphatic rings. The molecule has 3 nitrogen and oxygen atoms in total. The van der Waals surface area contributed by atoms with Crippen molar-refractivity contribution in [3.63, 3.8) is 0 Å². The SMILES string of the molecule is O=C(NCC1CC2CCC1C2)c1ccc2c(c1)CCN2. The third kappa shape index (κ3) is 2.09. The van der Waals surface area contributed by atoms with Gasteiger partial charge in [-0.1, -0.05) is 6.42 Å². The number of hydrogen-bond acceptors (Lipinski definition) is 2. The van der Waals surface area contributed by atoms with Gasteiger partial charge in [0.15, 0.2) is 0 Å². The third-order valence-corrected chi connectivity index (χ3v) is 5.49. The van der Waals surface area contributed by atoms with Crippen molar-refractivity contribution in [3.05, 3.63) is 29.3 Å². The van der Waals surface area contributed by atoms with Crippen LogP contribution in [-0.4, -0.2) is 19.0 Å². The first-order chi connectivity index (χ1) is 9.79. The van der Waals surface area contributed by atoms with Crippen LogP contribution in [0.5, 0.6) is 0 Å². The molecule has 0 saturated heterocycles. The van der Waals surface area contributed by atoms with Crippen LogP contribution in [-0.2, 0) is 6.42 Å². The molecule has 2 fully saturated rings. The summed E-state index contributed by atoms with van der Waals surface area (Å²) in [5.74, 6) is 2.66. The Morgan fingerprint density at radius 1 is 1.30 bits per heavy atom. The zero-order valence-electron chi connectivity index (χ0n) is 11.8. The Morgan fingerprint density at radius 3 is 3.05 bits per heavy atom. The zero-order valence-corrected chi connectivity index (χ0v) is 11.8. The molecule has 1 aromatic rings. The van der Waals surface area contributed by atoms with Gasteiger partial charge in [-0.05, 0) is 67.2 Å². The molecule has 3 unspecified atom stereocenters. The van der Waals surface area contributed by atoms with E-state index in [4.69, 9.17) is 0 Å². The van der Waals surface area contributed by atoms with Crippen molar-refractivity contribution in [1.82, 2.24) is 5.32 Å². The number of anilines is 1. The maximum atomic E-state index is 12.3. The second kappa shape index (κ2) is 4.80. The minimum Gasteiger partial charge on any atom is -0.384 e. The molecule has 1 amide bonds. The average Bonchev–Trinajstić information content (AvgIpc) is 3.19. The van der Waals surface area contributed by atoms with Gasteiger partial charge in [0.25, 0.3) is 5.91 Å². The van der Waals surface area contributed by atoms with Crippen LogP contribution in [0.15, 0.2) is 18.2 Å². The van der Waals surface area contributed by atoms with Gasteiger partial charge >= 0.3 is 0 Å². The van der Waals surface area contributed by atoms with E-state index in [-0.39, 0.29) is 5.91 Å². The third-order valence-electron chi connectivity index (χ3n) is 5.49. The van der Waals surface area contributed by atoms with Crippen molar-refractivity contribution in [1.29, 1.82) is 0 Å². The van der Waals surface area contributed by atoms with E-state index in [0.717, 1.165) is 42.8 Å². The van der Waals surface area contributed by atoms with Gasteiger partial charge in [-0.3, -0.25) is 4.79 Å². The molecule has 1 heterocycles. The summed E-state index contributed by atoms with van der Waals surface area (Å²) < 4.78 is 0. The van der Waals surface area contributed by atoms with Crippen molar-refractivity contribution in [2.75, 3.05) is 18.4 Å². The van der Waals surface area contributed by atoms with Gasteiger partial charge in [0.1, 0.15) is 0 Å². The van der Waals surface area contributed by atoms with E-state index in [1.165, 1.54) is 36.9 Å². The quantitative estimate of drug-likeness (QED) is 0.886. The normalized spacial score (nSPS) is 30.1. The monoisotopic (exact) mass is 270 g/mol. The highest BCUT2D eigenvalue weighted by Gasteiger charge is 2.39. The van der Waals surface area contributed by atoms with Crippen molar-refractivity contribution < 1.29 is 4.79 Å². The van der Waals surface area contributed by atoms with E-state index in [2.05, 4.69) is 10.6 Å². The molecule has 1 aromatic carbocycles. The minimum absolute atomic E-state index is 0.0995. The van der Waals surface area contributed by atoms with Crippen molar-refractivity contribution in [2.45, 2.75) is 32.1 Å². The summed E-state index contributed by atoms with van der Waals surface area (Å²) in [6.07, 6.45) is 6.58. The lowest BCUT2D eigenvalue weighted by molar-refractivity contribution is 0.0941. The molecule has 1 aliphatic heterocycles. The summed E-state index contributed by atoms with van der Waals surface area (Å²) in [6, 6.07) is 6.02. The van der Waals surface area contributed by atoms with E-state index in [1.54, 1.807) is 0 Å². The lowest BCUT2D eigenvalue weighted by Gasteiger charge is -2.21. The minimum atomic E-state index is 0.0995. The van der Waals surface area contributed by atoms with Gasteiger partial charge in [0.2, 0.25) is 0 Å². The predicted octanol–water partition coefficient (Wildman–Crippen LogP) is 2.82. The number of rotatable bonds is 3. The molecule has 0 radical (unpaired) electrons. The lowest BCUT2D eigenvalue weighted by atomic mass is 9.89. The maximum absolute atomic E-state index is 12.3. The molecule has 4 rings (SSSR count). The maximum Gasteiger partial charge on any atom is 0.251 e. The van der Waals surface area contributed by atoms with Crippen LogP contribution in [0.1, 0.15) is 41.6 Å². The van der Waals surface area contributed by atoms with Gasteiger partial charge in [0.05, 0.1) is 0 Å². The van der Waals surface area contributed by atoms with Crippen LogP contribution in [0.3, 0.4) is 0 Å². The van der Waals surface area contributed by atoms with E-state index in [1.807, 2.05) is 18.2 Å². The standard InChI is InChI=1S/C17H22N2O/c20-17(14-3-4-16-13(9-14)5-6-18-16)19-10-15-8-11-1-2-12(15)7-11/h3-4,9,11-12,15,18H,1-2,5-8,10H2,(H,19,20). The number of fused-ring (bicyclic) bond motifs is 3. The molecule has 0 spiro atoms. The van der Waals surface area contributed by atoms with Crippen LogP contribution < -0.4 is 10.6 Å². The van der Waals surface area contributed by atoms with Gasteiger partial charge in [-0.25, -0.2) is 0 Å². The Balaban J connectivity index is 1.38. The molecule has 0 aromatic heterocycles. The van der Waals surface area contributed by atoms with Gasteiger partial charge in [0, 0.05) is 24.3 Å². The Morgan fingerprint density at radius 2 is 2.25 bits per heavy atom. The molecule has 20 heavy (non-hydrogen) atoms. The van der Waals surface area contributed by atoms with Gasteiger partial charge < -0.3 is 10.6 Å². The highest BCUT2D eigenvalue weighted by atomic mass is 16.1. The first kappa shape index (κ1) is 12.2. The second-order valence-corrected chi connectivity index (χ2v) is 6.69. The summed E-state index contributed by atoms with van der Waals surface area (Å²) in [6.45, 7) is 1.86. The predicted molar refractivity (Wildman–Crippen MR) is 79.9 cm³/mol. The first-order valence-electron chi connectivity index (χ1n) is 7.94. The number of carbonyl (C=O) groups excluding carboxylic acids is 1. The Labute approximate surface area is 120 Å². The van der Waals surface area contributed by atoms with E-state index in [0.29, 0.717) is 0 Å². The van der Waals surface area contributed by atoms with Crippen molar-refractivity contribution in [2.24, 2.45) is 17.8 Å². The number of nitrogens with one attached hydrogen (secondary N) is 2.